The summed E-state index contributed by atoms with van der Waals surface area (Å²) in [5.41, 5.74) is 1.24. The van der Waals surface area contributed by atoms with Crippen molar-refractivity contribution in [3.05, 3.63) is 95.0 Å². The van der Waals surface area contributed by atoms with E-state index in [4.69, 9.17) is 16.3 Å². The van der Waals surface area contributed by atoms with Gasteiger partial charge in [0.2, 0.25) is 0 Å². The van der Waals surface area contributed by atoms with Gasteiger partial charge in [0.05, 0.1) is 5.69 Å². The molecule has 0 aliphatic carbocycles. The van der Waals surface area contributed by atoms with Crippen molar-refractivity contribution in [2.24, 2.45) is 0 Å². The average Bonchev–Trinajstić information content (AvgIpc) is 2.70. The number of amides is 1. The fourth-order valence-electron chi connectivity index (χ4n) is 2.55. The Morgan fingerprint density at radius 2 is 1.56 bits per heavy atom. The van der Waals surface area contributed by atoms with E-state index in [0.29, 0.717) is 27.6 Å². The van der Waals surface area contributed by atoms with Gasteiger partial charge in [0.15, 0.2) is 11.9 Å². The molecule has 0 heterocycles. The van der Waals surface area contributed by atoms with Gasteiger partial charge in [-0.1, -0.05) is 60.1 Å². The Hall–Kier alpha value is -3.11. The molecule has 0 aliphatic rings. The lowest BCUT2D eigenvalue weighted by atomic mass is 10.0. The molecule has 3 rings (SSSR count). The molecule has 3 aromatic carbocycles. The lowest BCUT2D eigenvalue weighted by Crippen LogP contribution is -2.30. The zero-order chi connectivity index (χ0) is 19.2. The summed E-state index contributed by atoms with van der Waals surface area (Å²) in [6.07, 6.45) is -0.734. The zero-order valence-corrected chi connectivity index (χ0v) is 15.4. The van der Waals surface area contributed by atoms with E-state index in [-0.39, 0.29) is 11.7 Å². The SMILES string of the molecule is CC(Oc1ccccc1)C(=O)Nc1ccc(Cl)cc1C(=O)c1ccccc1. The highest BCUT2D eigenvalue weighted by atomic mass is 35.5. The summed E-state index contributed by atoms with van der Waals surface area (Å²) >= 11 is 6.07. The van der Waals surface area contributed by atoms with Gasteiger partial charge in [0.25, 0.3) is 5.91 Å². The van der Waals surface area contributed by atoms with Crippen molar-refractivity contribution in [1.29, 1.82) is 0 Å². The topological polar surface area (TPSA) is 55.4 Å². The minimum absolute atomic E-state index is 0.218. The number of para-hydroxylation sites is 1. The first-order chi connectivity index (χ1) is 13.0. The van der Waals surface area contributed by atoms with E-state index in [0.717, 1.165) is 0 Å². The maximum absolute atomic E-state index is 12.8. The molecule has 1 amide bonds. The van der Waals surface area contributed by atoms with Gasteiger partial charge in [-0.2, -0.15) is 0 Å². The molecule has 136 valence electrons. The van der Waals surface area contributed by atoms with Gasteiger partial charge in [-0.25, -0.2) is 0 Å². The summed E-state index contributed by atoms with van der Waals surface area (Å²) in [6, 6.07) is 22.7. The van der Waals surface area contributed by atoms with E-state index in [9.17, 15) is 9.59 Å². The molecule has 3 aromatic rings. The average molecular weight is 380 g/mol. The quantitative estimate of drug-likeness (QED) is 0.615. The van der Waals surface area contributed by atoms with Crippen molar-refractivity contribution in [3.63, 3.8) is 0 Å². The number of carbonyl (C=O) groups excluding carboxylic acids is 2. The second kappa shape index (κ2) is 8.52. The van der Waals surface area contributed by atoms with Crippen LogP contribution in [0.2, 0.25) is 5.02 Å². The van der Waals surface area contributed by atoms with Crippen LogP contribution in [-0.2, 0) is 4.79 Å². The number of carbonyl (C=O) groups is 2. The monoisotopic (exact) mass is 379 g/mol. The Morgan fingerprint density at radius 3 is 2.22 bits per heavy atom. The fraction of sp³-hybridized carbons (Fsp3) is 0.0909. The number of ether oxygens (including phenoxy) is 1. The van der Waals surface area contributed by atoms with Crippen LogP contribution in [0.25, 0.3) is 0 Å². The number of halogens is 1. The molecular weight excluding hydrogens is 362 g/mol. The summed E-state index contributed by atoms with van der Waals surface area (Å²) in [5.74, 6) is 0.0187. The van der Waals surface area contributed by atoms with Crippen molar-refractivity contribution in [2.45, 2.75) is 13.0 Å². The Balaban J connectivity index is 1.80. The highest BCUT2D eigenvalue weighted by Gasteiger charge is 2.19. The standard InChI is InChI=1S/C22H18ClNO3/c1-15(27-18-10-6-3-7-11-18)22(26)24-20-13-12-17(23)14-19(20)21(25)16-8-4-2-5-9-16/h2-15H,1H3,(H,24,26). The largest absolute Gasteiger partial charge is 0.481 e. The molecule has 1 unspecified atom stereocenters. The second-order valence-electron chi connectivity index (χ2n) is 5.95. The van der Waals surface area contributed by atoms with Gasteiger partial charge in [-0.05, 0) is 37.3 Å². The predicted octanol–water partition coefficient (Wildman–Crippen LogP) is 4.98. The van der Waals surface area contributed by atoms with Crippen LogP contribution in [0.5, 0.6) is 5.75 Å². The van der Waals surface area contributed by atoms with Crippen LogP contribution >= 0.6 is 11.6 Å². The van der Waals surface area contributed by atoms with E-state index in [2.05, 4.69) is 5.32 Å². The molecule has 4 nitrogen and oxygen atoms in total. The Kier molecular flexibility index (Phi) is 5.89. The van der Waals surface area contributed by atoms with Gasteiger partial charge < -0.3 is 10.1 Å². The summed E-state index contributed by atoms with van der Waals surface area (Å²) < 4.78 is 5.63. The molecule has 0 aromatic heterocycles. The highest BCUT2D eigenvalue weighted by Crippen LogP contribution is 2.24. The van der Waals surface area contributed by atoms with Crippen LogP contribution in [0.3, 0.4) is 0 Å². The summed E-state index contributed by atoms with van der Waals surface area (Å²) in [7, 11) is 0. The molecule has 0 saturated carbocycles. The molecule has 0 radical (unpaired) electrons. The number of benzene rings is 3. The van der Waals surface area contributed by atoms with Gasteiger partial charge >= 0.3 is 0 Å². The lowest BCUT2D eigenvalue weighted by Gasteiger charge is -2.16. The summed E-state index contributed by atoms with van der Waals surface area (Å²) in [4.78, 5) is 25.4. The predicted molar refractivity (Wildman–Crippen MR) is 106 cm³/mol. The van der Waals surface area contributed by atoms with Crippen molar-refractivity contribution >= 4 is 29.0 Å². The number of hydrogen-bond donors (Lipinski definition) is 1. The van der Waals surface area contributed by atoms with Gasteiger partial charge in [-0.15, -0.1) is 0 Å². The van der Waals surface area contributed by atoms with Crippen LogP contribution in [0.1, 0.15) is 22.8 Å². The Morgan fingerprint density at radius 1 is 0.926 bits per heavy atom. The van der Waals surface area contributed by atoms with Gasteiger partial charge in [-0.3, -0.25) is 9.59 Å². The van der Waals surface area contributed by atoms with Crippen LogP contribution in [0.4, 0.5) is 5.69 Å². The normalized spacial score (nSPS) is 11.5. The third-order valence-corrected chi connectivity index (χ3v) is 4.18. The van der Waals surface area contributed by atoms with Gasteiger partial charge in [0, 0.05) is 16.1 Å². The molecule has 27 heavy (non-hydrogen) atoms. The number of ketones is 1. The van der Waals surface area contributed by atoms with Crippen LogP contribution in [0.15, 0.2) is 78.9 Å². The Bertz CT molecular complexity index is 942. The lowest BCUT2D eigenvalue weighted by molar-refractivity contribution is -0.122. The number of hydrogen-bond acceptors (Lipinski definition) is 3. The number of nitrogens with one attached hydrogen (secondary N) is 1. The van der Waals surface area contributed by atoms with E-state index in [1.807, 2.05) is 24.3 Å². The van der Waals surface area contributed by atoms with Crippen LogP contribution < -0.4 is 10.1 Å². The maximum Gasteiger partial charge on any atom is 0.265 e. The highest BCUT2D eigenvalue weighted by molar-refractivity contribution is 6.31. The third kappa shape index (κ3) is 4.74. The molecule has 1 atom stereocenters. The first-order valence-electron chi connectivity index (χ1n) is 8.46. The Labute approximate surface area is 162 Å². The molecule has 0 fully saturated rings. The fourth-order valence-corrected chi connectivity index (χ4v) is 2.72. The van der Waals surface area contributed by atoms with Crippen LogP contribution in [0, 0.1) is 0 Å². The van der Waals surface area contributed by atoms with E-state index >= 15 is 0 Å². The third-order valence-electron chi connectivity index (χ3n) is 3.95. The molecule has 0 bridgehead atoms. The minimum Gasteiger partial charge on any atom is -0.481 e. The molecule has 0 spiro atoms. The minimum atomic E-state index is -0.734. The molecule has 0 aliphatic heterocycles. The molecular formula is C22H18ClNO3. The van der Waals surface area contributed by atoms with E-state index in [1.54, 1.807) is 61.5 Å². The zero-order valence-electron chi connectivity index (χ0n) is 14.7. The van der Waals surface area contributed by atoms with E-state index in [1.165, 1.54) is 0 Å². The first-order valence-corrected chi connectivity index (χ1v) is 8.84. The molecule has 1 N–H and O–H groups in total. The van der Waals surface area contributed by atoms with Crippen LogP contribution in [-0.4, -0.2) is 17.8 Å². The first kappa shape index (κ1) is 18.7. The molecule has 5 heteroatoms. The van der Waals surface area contributed by atoms with Crippen molar-refractivity contribution < 1.29 is 14.3 Å². The number of anilines is 1. The second-order valence-corrected chi connectivity index (χ2v) is 6.38. The van der Waals surface area contributed by atoms with Crippen molar-refractivity contribution in [2.75, 3.05) is 5.32 Å². The van der Waals surface area contributed by atoms with Gasteiger partial charge in [0.1, 0.15) is 5.75 Å². The van der Waals surface area contributed by atoms with Crippen molar-refractivity contribution in [1.82, 2.24) is 0 Å². The van der Waals surface area contributed by atoms with Crippen molar-refractivity contribution in [3.8, 4) is 5.75 Å². The summed E-state index contributed by atoms with van der Waals surface area (Å²) in [5, 5.41) is 3.18. The maximum atomic E-state index is 12.8. The van der Waals surface area contributed by atoms with E-state index < -0.39 is 6.10 Å². The smallest absolute Gasteiger partial charge is 0.265 e. The summed E-state index contributed by atoms with van der Waals surface area (Å²) in [6.45, 7) is 1.65. The number of rotatable bonds is 6. The molecule has 0 saturated heterocycles.